The van der Waals surface area contributed by atoms with E-state index in [0.717, 1.165) is 15.6 Å². The van der Waals surface area contributed by atoms with Gasteiger partial charge in [0.05, 0.1) is 5.75 Å². The average molecular weight is 383 g/mol. The maximum atomic E-state index is 12.7. The smallest absolute Gasteiger partial charge is 0.218 e. The molecule has 0 aliphatic rings. The lowest BCUT2D eigenvalue weighted by molar-refractivity contribution is 0.366. The van der Waals surface area contributed by atoms with Crippen molar-refractivity contribution in [3.05, 3.63) is 64.4 Å². The molecule has 22 heavy (non-hydrogen) atoms. The molecule has 1 aromatic carbocycles. The Bertz CT molecular complexity index is 720. The van der Waals surface area contributed by atoms with Gasteiger partial charge in [-0.15, -0.1) is 0 Å². The number of hydrogen-bond acceptors (Lipinski definition) is 3. The van der Waals surface area contributed by atoms with E-state index in [1.807, 2.05) is 43.3 Å². The molecule has 0 saturated heterocycles. The highest BCUT2D eigenvalue weighted by molar-refractivity contribution is 9.10. The van der Waals surface area contributed by atoms with E-state index in [-0.39, 0.29) is 11.8 Å². The van der Waals surface area contributed by atoms with Crippen molar-refractivity contribution in [3.8, 4) is 0 Å². The van der Waals surface area contributed by atoms with Gasteiger partial charge in [0.15, 0.2) is 0 Å². The Morgan fingerprint density at radius 2 is 1.91 bits per heavy atom. The molecule has 0 amide bonds. The van der Waals surface area contributed by atoms with E-state index in [0.29, 0.717) is 6.42 Å². The second kappa shape index (κ2) is 7.35. The van der Waals surface area contributed by atoms with Gasteiger partial charge in [-0.2, -0.15) is 4.31 Å². The summed E-state index contributed by atoms with van der Waals surface area (Å²) in [5.41, 5.74) is 1.73. The predicted octanol–water partition coefficient (Wildman–Crippen LogP) is 3.76. The van der Waals surface area contributed by atoms with E-state index in [2.05, 4.69) is 20.9 Å². The number of hydrogen-bond donors (Lipinski definition) is 0. The molecule has 0 bridgehead atoms. The number of sulfonamides is 1. The maximum absolute atomic E-state index is 12.7. The summed E-state index contributed by atoms with van der Waals surface area (Å²) >= 11 is 3.37. The molecule has 0 N–H and O–H groups in total. The van der Waals surface area contributed by atoms with Crippen molar-refractivity contribution in [2.75, 3.05) is 7.05 Å². The number of nitrogens with zero attached hydrogens (tertiary/aromatic N) is 2. The first kappa shape index (κ1) is 17.1. The van der Waals surface area contributed by atoms with Crippen LogP contribution in [0.25, 0.3) is 0 Å². The summed E-state index contributed by atoms with van der Waals surface area (Å²) in [4.78, 5) is 3.99. The van der Waals surface area contributed by atoms with Crippen molar-refractivity contribution in [1.29, 1.82) is 0 Å². The van der Waals surface area contributed by atoms with Crippen molar-refractivity contribution in [2.45, 2.75) is 25.1 Å². The zero-order chi connectivity index (χ0) is 16.2. The summed E-state index contributed by atoms with van der Waals surface area (Å²) < 4.78 is 27.7. The molecule has 1 heterocycles. The predicted molar refractivity (Wildman–Crippen MR) is 91.8 cm³/mol. The minimum Gasteiger partial charge on any atom is -0.265 e. The zero-order valence-corrected chi connectivity index (χ0v) is 15.0. The minimum atomic E-state index is -3.40. The molecule has 118 valence electrons. The van der Waals surface area contributed by atoms with Crippen molar-refractivity contribution in [3.63, 3.8) is 0 Å². The summed E-state index contributed by atoms with van der Waals surface area (Å²) in [5.74, 6) is -0.00940. The Morgan fingerprint density at radius 1 is 1.23 bits per heavy atom. The van der Waals surface area contributed by atoms with Crippen LogP contribution in [0.4, 0.5) is 0 Å². The summed E-state index contributed by atoms with van der Waals surface area (Å²) in [5, 5.41) is 0. The van der Waals surface area contributed by atoms with Gasteiger partial charge in [0.2, 0.25) is 10.0 Å². The molecule has 2 rings (SSSR count). The molecule has 1 aromatic heterocycles. The second-order valence-corrected chi connectivity index (χ2v) is 8.05. The van der Waals surface area contributed by atoms with Crippen LogP contribution >= 0.6 is 15.9 Å². The third-order valence-electron chi connectivity index (χ3n) is 3.59. The Kier molecular flexibility index (Phi) is 5.72. The Balaban J connectivity index is 2.24. The van der Waals surface area contributed by atoms with Gasteiger partial charge in [0.1, 0.15) is 0 Å². The van der Waals surface area contributed by atoms with Crippen LogP contribution in [-0.4, -0.2) is 24.8 Å². The molecule has 6 heteroatoms. The van der Waals surface area contributed by atoms with E-state index in [1.165, 1.54) is 4.31 Å². The topological polar surface area (TPSA) is 50.3 Å². The third-order valence-corrected chi connectivity index (χ3v) is 5.92. The molecule has 2 aromatic rings. The van der Waals surface area contributed by atoms with Gasteiger partial charge in [-0.25, -0.2) is 8.42 Å². The largest absolute Gasteiger partial charge is 0.265 e. The van der Waals surface area contributed by atoms with Crippen LogP contribution in [0.3, 0.4) is 0 Å². The van der Waals surface area contributed by atoms with Crippen LogP contribution in [0.15, 0.2) is 53.3 Å². The zero-order valence-electron chi connectivity index (χ0n) is 12.6. The maximum Gasteiger partial charge on any atom is 0.218 e. The summed E-state index contributed by atoms with van der Waals surface area (Å²) in [7, 11) is -1.76. The molecule has 0 fully saturated rings. The average Bonchev–Trinajstić information content (AvgIpc) is 2.48. The van der Waals surface area contributed by atoms with Crippen LogP contribution in [0.1, 0.15) is 30.5 Å². The van der Waals surface area contributed by atoms with Gasteiger partial charge in [-0.3, -0.25) is 4.98 Å². The number of pyridine rings is 1. The summed E-state index contributed by atoms with van der Waals surface area (Å²) in [6.45, 7) is 1.98. The van der Waals surface area contributed by atoms with Crippen LogP contribution in [0, 0.1) is 0 Å². The van der Waals surface area contributed by atoms with Gasteiger partial charge in [0.25, 0.3) is 0 Å². The fourth-order valence-corrected chi connectivity index (χ4v) is 4.33. The number of rotatable bonds is 6. The highest BCUT2D eigenvalue weighted by Gasteiger charge is 2.26. The molecule has 0 spiro atoms. The van der Waals surface area contributed by atoms with Gasteiger partial charge >= 0.3 is 0 Å². The number of halogens is 1. The van der Waals surface area contributed by atoms with E-state index in [4.69, 9.17) is 0 Å². The van der Waals surface area contributed by atoms with Crippen LogP contribution in [-0.2, 0) is 15.8 Å². The normalized spacial score (nSPS) is 13.3. The molecule has 0 aliphatic heterocycles. The molecular weight excluding hydrogens is 364 g/mol. The Morgan fingerprint density at radius 3 is 2.50 bits per heavy atom. The van der Waals surface area contributed by atoms with E-state index in [1.54, 1.807) is 19.4 Å². The fourth-order valence-electron chi connectivity index (χ4n) is 2.42. The highest BCUT2D eigenvalue weighted by atomic mass is 79.9. The summed E-state index contributed by atoms with van der Waals surface area (Å²) in [6, 6.07) is 10.9. The third kappa shape index (κ3) is 4.15. The number of benzene rings is 1. The molecule has 0 unspecified atom stereocenters. The Hall–Kier alpha value is -1.24. The standard InChI is InChI=1S/C16H19BrN2O2S/c1-3-16(14-7-9-18-10-8-14)19(2)22(20,21)12-13-5-4-6-15(17)11-13/h4-11,16H,3,12H2,1-2H3/t16-/m0/s1. The van der Waals surface area contributed by atoms with E-state index >= 15 is 0 Å². The molecule has 0 aliphatic carbocycles. The molecule has 1 atom stereocenters. The molecule has 0 radical (unpaired) electrons. The monoisotopic (exact) mass is 382 g/mol. The highest BCUT2D eigenvalue weighted by Crippen LogP contribution is 2.26. The fraction of sp³-hybridized carbons (Fsp3) is 0.312. The van der Waals surface area contributed by atoms with E-state index in [9.17, 15) is 8.42 Å². The van der Waals surface area contributed by atoms with Crippen molar-refractivity contribution in [1.82, 2.24) is 9.29 Å². The lowest BCUT2D eigenvalue weighted by Gasteiger charge is -2.27. The SMILES string of the molecule is CC[C@@H](c1ccncc1)N(C)S(=O)(=O)Cc1cccc(Br)c1. The molecule has 4 nitrogen and oxygen atoms in total. The second-order valence-electron chi connectivity index (χ2n) is 5.11. The van der Waals surface area contributed by atoms with Gasteiger partial charge in [-0.05, 0) is 41.8 Å². The lowest BCUT2D eigenvalue weighted by Crippen LogP contribution is -2.32. The number of aromatic nitrogens is 1. The van der Waals surface area contributed by atoms with Crippen LogP contribution in [0.2, 0.25) is 0 Å². The molecular formula is C16H19BrN2O2S. The van der Waals surface area contributed by atoms with Crippen molar-refractivity contribution in [2.24, 2.45) is 0 Å². The van der Waals surface area contributed by atoms with Crippen LogP contribution in [0.5, 0.6) is 0 Å². The summed E-state index contributed by atoms with van der Waals surface area (Å²) in [6.07, 6.45) is 4.08. The first-order valence-electron chi connectivity index (χ1n) is 7.04. The van der Waals surface area contributed by atoms with Gasteiger partial charge in [-0.1, -0.05) is 35.0 Å². The van der Waals surface area contributed by atoms with Crippen LogP contribution < -0.4 is 0 Å². The van der Waals surface area contributed by atoms with Gasteiger partial charge < -0.3 is 0 Å². The minimum absolute atomic E-state index is 0.00940. The van der Waals surface area contributed by atoms with Gasteiger partial charge in [0, 0.05) is 30.0 Å². The first-order chi connectivity index (χ1) is 10.4. The lowest BCUT2D eigenvalue weighted by atomic mass is 10.1. The Labute approximate surface area is 140 Å². The van der Waals surface area contributed by atoms with Crippen molar-refractivity contribution >= 4 is 26.0 Å². The van der Waals surface area contributed by atoms with E-state index < -0.39 is 10.0 Å². The first-order valence-corrected chi connectivity index (χ1v) is 9.44. The molecule has 0 saturated carbocycles. The quantitative estimate of drug-likeness (QED) is 0.763. The van der Waals surface area contributed by atoms with Crippen molar-refractivity contribution < 1.29 is 8.42 Å².